The van der Waals surface area contributed by atoms with Crippen molar-refractivity contribution in [2.45, 2.75) is 38.7 Å². The highest BCUT2D eigenvalue weighted by Crippen LogP contribution is 2.42. The van der Waals surface area contributed by atoms with E-state index in [0.29, 0.717) is 11.7 Å². The van der Waals surface area contributed by atoms with Gasteiger partial charge in [-0.25, -0.2) is 0 Å². The Balaban J connectivity index is 1.70. The molecule has 4 nitrogen and oxygen atoms in total. The van der Waals surface area contributed by atoms with Gasteiger partial charge in [0, 0.05) is 18.6 Å². The van der Waals surface area contributed by atoms with Gasteiger partial charge >= 0.3 is 0 Å². The fraction of sp³-hybridized carbons (Fsp3) is 0.385. The van der Waals surface area contributed by atoms with Crippen LogP contribution in [0.1, 0.15) is 48.1 Å². The molecule has 4 heteroatoms. The standard InChI is InChI=1S/C26H28O4/c1-28-21-7-8-24-18(13-21)3-2-4-23(17-9-11-29-12-10-17)26(24)20-6-5-19-14-22(16-27)30-25(19)15-20/h5-8,13-15,17,27H,2-4,9-12,16H2,1H3. The molecule has 2 heterocycles. The molecule has 0 radical (unpaired) electrons. The maximum atomic E-state index is 9.46. The smallest absolute Gasteiger partial charge is 0.135 e. The molecule has 2 aliphatic rings. The van der Waals surface area contributed by atoms with Crippen LogP contribution in [0, 0.1) is 5.92 Å². The first-order valence-electron chi connectivity index (χ1n) is 10.9. The Kier molecular flexibility index (Phi) is 5.36. The zero-order valence-corrected chi connectivity index (χ0v) is 17.4. The number of fused-ring (bicyclic) bond motifs is 2. The number of ether oxygens (including phenoxy) is 2. The van der Waals surface area contributed by atoms with Crippen LogP contribution in [0.4, 0.5) is 0 Å². The fourth-order valence-electron chi connectivity index (χ4n) is 5.03. The number of benzene rings is 2. The predicted octanol–water partition coefficient (Wildman–Crippen LogP) is 5.50. The van der Waals surface area contributed by atoms with Gasteiger partial charge < -0.3 is 19.0 Å². The SMILES string of the molecule is COc1ccc2c(c1)CCCC(C1CCOCC1)=C2c1ccc2cc(CO)oc2c1. The molecule has 5 rings (SSSR count). The Bertz CT molecular complexity index is 1090. The third-order valence-electron chi connectivity index (χ3n) is 6.52. The average molecular weight is 405 g/mol. The monoisotopic (exact) mass is 404 g/mol. The number of aliphatic hydroxyl groups excluding tert-OH is 1. The van der Waals surface area contributed by atoms with Gasteiger partial charge in [-0.15, -0.1) is 0 Å². The van der Waals surface area contributed by atoms with Gasteiger partial charge in [0.1, 0.15) is 23.7 Å². The molecule has 30 heavy (non-hydrogen) atoms. The quantitative estimate of drug-likeness (QED) is 0.624. The summed E-state index contributed by atoms with van der Waals surface area (Å²) in [6.45, 7) is 1.60. The summed E-state index contributed by atoms with van der Waals surface area (Å²) < 4.78 is 17.0. The van der Waals surface area contributed by atoms with E-state index in [1.54, 1.807) is 12.7 Å². The number of aliphatic hydroxyl groups is 1. The maximum Gasteiger partial charge on any atom is 0.135 e. The molecule has 1 saturated heterocycles. The molecule has 3 aromatic rings. The van der Waals surface area contributed by atoms with Crippen LogP contribution in [-0.4, -0.2) is 25.4 Å². The normalized spacial score (nSPS) is 17.8. The highest BCUT2D eigenvalue weighted by atomic mass is 16.5. The average Bonchev–Trinajstić information content (AvgIpc) is 3.12. The van der Waals surface area contributed by atoms with Crippen molar-refractivity contribution in [2.24, 2.45) is 5.92 Å². The number of furan rings is 1. The molecule has 1 N–H and O–H groups in total. The summed E-state index contributed by atoms with van der Waals surface area (Å²) in [7, 11) is 1.73. The van der Waals surface area contributed by atoms with E-state index in [1.165, 1.54) is 22.3 Å². The highest BCUT2D eigenvalue weighted by Gasteiger charge is 2.26. The first-order valence-corrected chi connectivity index (χ1v) is 10.9. The second-order valence-corrected chi connectivity index (χ2v) is 8.29. The topological polar surface area (TPSA) is 51.8 Å². The Morgan fingerprint density at radius 1 is 1.03 bits per heavy atom. The Morgan fingerprint density at radius 3 is 2.70 bits per heavy atom. The van der Waals surface area contributed by atoms with Crippen LogP contribution in [0.5, 0.6) is 5.75 Å². The largest absolute Gasteiger partial charge is 0.497 e. The number of allylic oxidation sites excluding steroid dienone is 1. The number of hydrogen-bond acceptors (Lipinski definition) is 4. The van der Waals surface area contributed by atoms with Crippen molar-refractivity contribution in [1.82, 2.24) is 0 Å². The number of hydrogen-bond donors (Lipinski definition) is 1. The number of aryl methyl sites for hydroxylation is 1. The van der Waals surface area contributed by atoms with E-state index in [4.69, 9.17) is 13.9 Å². The van der Waals surface area contributed by atoms with Crippen molar-refractivity contribution >= 4 is 16.5 Å². The minimum absolute atomic E-state index is 0.0807. The highest BCUT2D eigenvalue weighted by molar-refractivity contribution is 5.89. The minimum Gasteiger partial charge on any atom is -0.497 e. The van der Waals surface area contributed by atoms with Crippen LogP contribution in [0.2, 0.25) is 0 Å². The van der Waals surface area contributed by atoms with Crippen LogP contribution in [-0.2, 0) is 17.8 Å². The summed E-state index contributed by atoms with van der Waals surface area (Å²) in [5.74, 6) is 2.07. The molecule has 0 spiro atoms. The molecule has 0 unspecified atom stereocenters. The lowest BCUT2D eigenvalue weighted by atomic mass is 9.81. The molecule has 1 aliphatic heterocycles. The molecular weight excluding hydrogens is 376 g/mol. The fourth-order valence-corrected chi connectivity index (χ4v) is 5.03. The third kappa shape index (κ3) is 3.55. The van der Waals surface area contributed by atoms with E-state index < -0.39 is 0 Å². The minimum atomic E-state index is -0.0807. The van der Waals surface area contributed by atoms with Crippen molar-refractivity contribution < 1.29 is 19.0 Å². The van der Waals surface area contributed by atoms with Gasteiger partial charge in [-0.1, -0.05) is 23.8 Å². The Labute approximate surface area is 177 Å². The van der Waals surface area contributed by atoms with Crippen molar-refractivity contribution in [1.29, 1.82) is 0 Å². The van der Waals surface area contributed by atoms with Crippen LogP contribution in [0.25, 0.3) is 16.5 Å². The third-order valence-corrected chi connectivity index (χ3v) is 6.52. The molecular formula is C26H28O4. The molecule has 0 amide bonds. The van der Waals surface area contributed by atoms with Gasteiger partial charge in [-0.2, -0.15) is 0 Å². The van der Waals surface area contributed by atoms with E-state index in [2.05, 4.69) is 36.4 Å². The van der Waals surface area contributed by atoms with Crippen molar-refractivity contribution in [2.75, 3.05) is 20.3 Å². The van der Waals surface area contributed by atoms with Gasteiger partial charge in [0.2, 0.25) is 0 Å². The summed E-state index contributed by atoms with van der Waals surface area (Å²) in [5, 5.41) is 10.5. The zero-order chi connectivity index (χ0) is 20.5. The Hall–Kier alpha value is -2.56. The molecule has 0 saturated carbocycles. The first kappa shape index (κ1) is 19.4. The summed E-state index contributed by atoms with van der Waals surface area (Å²) in [4.78, 5) is 0. The first-order chi connectivity index (χ1) is 14.8. The summed E-state index contributed by atoms with van der Waals surface area (Å²) in [5.41, 5.74) is 7.58. The van der Waals surface area contributed by atoms with Crippen LogP contribution in [0.3, 0.4) is 0 Å². The zero-order valence-electron chi connectivity index (χ0n) is 17.4. The Morgan fingerprint density at radius 2 is 1.90 bits per heavy atom. The lowest BCUT2D eigenvalue weighted by Crippen LogP contribution is -2.18. The summed E-state index contributed by atoms with van der Waals surface area (Å²) in [6, 6.07) is 14.8. The second kappa shape index (κ2) is 8.29. The number of methoxy groups -OCH3 is 1. The summed E-state index contributed by atoms with van der Waals surface area (Å²) in [6.07, 6.45) is 5.48. The molecule has 1 aromatic heterocycles. The van der Waals surface area contributed by atoms with Gasteiger partial charge in [0.05, 0.1) is 7.11 Å². The molecule has 156 valence electrons. The van der Waals surface area contributed by atoms with Gasteiger partial charge in [-0.3, -0.25) is 0 Å². The van der Waals surface area contributed by atoms with E-state index in [-0.39, 0.29) is 6.61 Å². The van der Waals surface area contributed by atoms with Crippen molar-refractivity contribution in [3.8, 4) is 5.75 Å². The summed E-state index contributed by atoms with van der Waals surface area (Å²) >= 11 is 0. The lowest BCUT2D eigenvalue weighted by molar-refractivity contribution is 0.0751. The van der Waals surface area contributed by atoms with Gasteiger partial charge in [-0.05, 0) is 84.6 Å². The van der Waals surface area contributed by atoms with Gasteiger partial charge in [0.25, 0.3) is 0 Å². The predicted molar refractivity (Wildman–Crippen MR) is 118 cm³/mol. The van der Waals surface area contributed by atoms with Crippen LogP contribution in [0.15, 0.2) is 52.5 Å². The number of rotatable bonds is 4. The van der Waals surface area contributed by atoms with Crippen LogP contribution >= 0.6 is 0 Å². The van der Waals surface area contributed by atoms with E-state index in [9.17, 15) is 5.11 Å². The van der Waals surface area contributed by atoms with Crippen molar-refractivity contribution in [3.05, 3.63) is 70.5 Å². The maximum absolute atomic E-state index is 9.46. The molecule has 2 aromatic carbocycles. The molecule has 0 bridgehead atoms. The van der Waals surface area contributed by atoms with Crippen molar-refractivity contribution in [3.63, 3.8) is 0 Å². The van der Waals surface area contributed by atoms with Gasteiger partial charge in [0.15, 0.2) is 0 Å². The second-order valence-electron chi connectivity index (χ2n) is 8.29. The van der Waals surface area contributed by atoms with E-state index in [1.807, 2.05) is 6.07 Å². The molecule has 0 atom stereocenters. The van der Waals surface area contributed by atoms with E-state index >= 15 is 0 Å². The molecule has 1 fully saturated rings. The molecule has 1 aliphatic carbocycles. The van der Waals surface area contributed by atoms with Crippen LogP contribution < -0.4 is 4.74 Å². The lowest BCUT2D eigenvalue weighted by Gasteiger charge is -2.27. The van der Waals surface area contributed by atoms with E-state index in [0.717, 1.165) is 62.0 Å².